The third-order valence-electron chi connectivity index (χ3n) is 5.11. The summed E-state index contributed by atoms with van der Waals surface area (Å²) in [5.74, 6) is -1.21. The minimum Gasteiger partial charge on any atom is -0.478 e. The lowest BCUT2D eigenvalue weighted by molar-refractivity contribution is -0.385. The second-order valence-electron chi connectivity index (χ2n) is 7.80. The van der Waals surface area contributed by atoms with Crippen LogP contribution in [0.1, 0.15) is 17.5 Å². The molecule has 0 saturated carbocycles. The van der Waals surface area contributed by atoms with Crippen LogP contribution in [0.2, 0.25) is 0 Å². The number of carboxylic acids is 1. The number of morpholine rings is 1. The lowest BCUT2D eigenvalue weighted by Gasteiger charge is -2.26. The number of hydrogen-bond donors (Lipinski definition) is 2. The van der Waals surface area contributed by atoms with Gasteiger partial charge in [-0.2, -0.15) is 0 Å². The van der Waals surface area contributed by atoms with Gasteiger partial charge in [0.1, 0.15) is 0 Å². The molecule has 0 unspecified atom stereocenters. The van der Waals surface area contributed by atoms with Crippen LogP contribution in [0, 0.1) is 20.2 Å². The molecule has 3 rings (SSSR count). The molecule has 0 spiro atoms. The van der Waals surface area contributed by atoms with E-state index in [0.717, 1.165) is 50.9 Å². The van der Waals surface area contributed by atoms with Gasteiger partial charge in [0.2, 0.25) is 5.91 Å². The standard InChI is InChI=1S/C16H21N3O4.C9H7NO4/c20-16(17-8-1-9-18-10-12-23-13-11-18)7-4-14-2-5-15(6-3-14)19(21)22;11-9(12)6-3-7-1-4-8(5-2-7)10(13)14/h2-7H,1,8-13H2,(H,17,20);1-6H,(H,11,12)/b7-4+;6-3+. The number of hydrogen-bond acceptors (Lipinski definition) is 8. The van der Waals surface area contributed by atoms with E-state index in [1.54, 1.807) is 18.2 Å². The van der Waals surface area contributed by atoms with Gasteiger partial charge in [-0.25, -0.2) is 4.79 Å². The molecule has 37 heavy (non-hydrogen) atoms. The number of non-ortho nitro benzene ring substituents is 2. The SMILES string of the molecule is O=C(/C=C/c1ccc([N+](=O)[O-])cc1)NCCCN1CCOCC1.O=C(O)/C=C/c1ccc([N+](=O)[O-])cc1. The van der Waals surface area contributed by atoms with Crippen molar-refractivity contribution in [3.8, 4) is 0 Å². The van der Waals surface area contributed by atoms with E-state index in [1.807, 2.05) is 0 Å². The maximum atomic E-state index is 11.7. The van der Waals surface area contributed by atoms with Gasteiger partial charge >= 0.3 is 5.97 Å². The number of amides is 1. The Kier molecular flexibility index (Phi) is 12.1. The molecule has 196 valence electrons. The highest BCUT2D eigenvalue weighted by molar-refractivity contribution is 5.91. The molecular weight excluding hydrogens is 484 g/mol. The number of carbonyl (C=O) groups excluding carboxylic acids is 1. The summed E-state index contributed by atoms with van der Waals surface area (Å²) in [5, 5.41) is 32.0. The van der Waals surface area contributed by atoms with E-state index in [4.69, 9.17) is 9.84 Å². The average Bonchev–Trinajstić information content (AvgIpc) is 2.90. The highest BCUT2D eigenvalue weighted by atomic mass is 16.6. The number of nitrogens with zero attached hydrogens (tertiary/aromatic N) is 3. The number of carbonyl (C=O) groups is 2. The predicted molar refractivity (Wildman–Crippen MR) is 137 cm³/mol. The maximum Gasteiger partial charge on any atom is 0.328 e. The van der Waals surface area contributed by atoms with Crippen LogP contribution in [-0.2, 0) is 14.3 Å². The fraction of sp³-hybridized carbons (Fsp3) is 0.280. The molecule has 1 aliphatic rings. The van der Waals surface area contributed by atoms with Crippen LogP contribution in [0.25, 0.3) is 12.2 Å². The van der Waals surface area contributed by atoms with Crippen molar-refractivity contribution in [3.05, 3.63) is 92.0 Å². The summed E-state index contributed by atoms with van der Waals surface area (Å²) >= 11 is 0. The summed E-state index contributed by atoms with van der Waals surface area (Å²) in [7, 11) is 0. The molecule has 1 fully saturated rings. The number of ether oxygens (including phenoxy) is 1. The van der Waals surface area contributed by atoms with Gasteiger partial charge in [0.15, 0.2) is 0 Å². The zero-order valence-electron chi connectivity index (χ0n) is 20.0. The molecule has 0 radical (unpaired) electrons. The second kappa shape index (κ2) is 15.5. The van der Waals surface area contributed by atoms with Crippen molar-refractivity contribution >= 4 is 35.4 Å². The van der Waals surface area contributed by atoms with Gasteiger partial charge in [-0.15, -0.1) is 0 Å². The Labute approximate surface area is 213 Å². The summed E-state index contributed by atoms with van der Waals surface area (Å²) in [5.41, 5.74) is 1.38. The van der Waals surface area contributed by atoms with Crippen molar-refractivity contribution in [2.24, 2.45) is 0 Å². The number of nitro groups is 2. The van der Waals surface area contributed by atoms with E-state index in [-0.39, 0.29) is 17.3 Å². The summed E-state index contributed by atoms with van der Waals surface area (Å²) in [6.45, 7) is 5.05. The van der Waals surface area contributed by atoms with Crippen LogP contribution >= 0.6 is 0 Å². The fourth-order valence-electron chi connectivity index (χ4n) is 3.15. The number of nitro benzene ring substituents is 2. The molecule has 0 bridgehead atoms. The van der Waals surface area contributed by atoms with Crippen LogP contribution in [0.5, 0.6) is 0 Å². The van der Waals surface area contributed by atoms with Crippen molar-refractivity contribution in [2.45, 2.75) is 6.42 Å². The van der Waals surface area contributed by atoms with Crippen LogP contribution in [-0.4, -0.2) is 71.1 Å². The number of carboxylic acid groups (broad SMARTS) is 1. The van der Waals surface area contributed by atoms with Crippen molar-refractivity contribution in [2.75, 3.05) is 39.4 Å². The first-order valence-electron chi connectivity index (χ1n) is 11.4. The summed E-state index contributed by atoms with van der Waals surface area (Å²) in [6, 6.07) is 11.7. The first kappa shape index (κ1) is 28.8. The molecule has 1 saturated heterocycles. The van der Waals surface area contributed by atoms with Crippen molar-refractivity contribution in [1.29, 1.82) is 0 Å². The van der Waals surface area contributed by atoms with Gasteiger partial charge in [0.05, 0.1) is 23.1 Å². The molecule has 1 aliphatic heterocycles. The maximum absolute atomic E-state index is 11.7. The van der Waals surface area contributed by atoms with E-state index < -0.39 is 15.8 Å². The molecule has 0 aliphatic carbocycles. The Bertz CT molecular complexity index is 1110. The zero-order chi connectivity index (χ0) is 27.0. The Balaban J connectivity index is 0.000000294. The number of benzene rings is 2. The number of aliphatic carboxylic acids is 1. The summed E-state index contributed by atoms with van der Waals surface area (Å²) in [6.07, 6.45) is 6.32. The van der Waals surface area contributed by atoms with Crippen LogP contribution < -0.4 is 5.32 Å². The molecule has 12 nitrogen and oxygen atoms in total. The summed E-state index contributed by atoms with van der Waals surface area (Å²) in [4.78, 5) is 44.0. The Morgan fingerprint density at radius 1 is 0.892 bits per heavy atom. The topological polar surface area (TPSA) is 165 Å². The highest BCUT2D eigenvalue weighted by Gasteiger charge is 2.09. The van der Waals surface area contributed by atoms with Crippen LogP contribution in [0.3, 0.4) is 0 Å². The van der Waals surface area contributed by atoms with Crippen LogP contribution in [0.15, 0.2) is 60.7 Å². The minimum atomic E-state index is -1.05. The first-order valence-corrected chi connectivity index (χ1v) is 11.4. The Morgan fingerprint density at radius 2 is 1.38 bits per heavy atom. The van der Waals surface area contributed by atoms with Gasteiger partial charge in [-0.1, -0.05) is 0 Å². The van der Waals surface area contributed by atoms with Gasteiger partial charge < -0.3 is 15.2 Å². The molecule has 2 aromatic carbocycles. The molecule has 1 heterocycles. The average molecular weight is 513 g/mol. The minimum absolute atomic E-state index is 0.0162. The third-order valence-corrected chi connectivity index (χ3v) is 5.11. The number of nitrogens with one attached hydrogen (secondary N) is 1. The van der Waals surface area contributed by atoms with E-state index >= 15 is 0 Å². The smallest absolute Gasteiger partial charge is 0.328 e. The van der Waals surface area contributed by atoms with E-state index in [2.05, 4.69) is 10.2 Å². The Hall–Kier alpha value is -4.42. The monoisotopic (exact) mass is 512 g/mol. The van der Waals surface area contributed by atoms with Crippen LogP contribution in [0.4, 0.5) is 11.4 Å². The quantitative estimate of drug-likeness (QED) is 0.210. The lowest BCUT2D eigenvalue weighted by Crippen LogP contribution is -2.38. The normalized spacial score (nSPS) is 13.6. The lowest BCUT2D eigenvalue weighted by atomic mass is 10.2. The molecule has 1 amide bonds. The molecule has 2 N–H and O–H groups in total. The van der Waals surface area contributed by atoms with E-state index in [9.17, 15) is 29.8 Å². The second-order valence-corrected chi connectivity index (χ2v) is 7.80. The molecule has 12 heteroatoms. The van der Waals surface area contributed by atoms with Gasteiger partial charge in [-0.05, 0) is 60.5 Å². The first-order chi connectivity index (χ1) is 17.7. The van der Waals surface area contributed by atoms with E-state index in [1.165, 1.54) is 48.6 Å². The van der Waals surface area contributed by atoms with E-state index in [0.29, 0.717) is 12.1 Å². The van der Waals surface area contributed by atoms with Crippen molar-refractivity contribution < 1.29 is 29.3 Å². The molecule has 0 atom stereocenters. The van der Waals surface area contributed by atoms with Crippen molar-refractivity contribution in [3.63, 3.8) is 0 Å². The highest BCUT2D eigenvalue weighted by Crippen LogP contribution is 2.13. The number of rotatable bonds is 10. The fourth-order valence-corrected chi connectivity index (χ4v) is 3.15. The van der Waals surface area contributed by atoms with Gasteiger partial charge in [0.25, 0.3) is 11.4 Å². The van der Waals surface area contributed by atoms with Crippen molar-refractivity contribution in [1.82, 2.24) is 10.2 Å². The molecular formula is C25H28N4O8. The predicted octanol–water partition coefficient (Wildman–Crippen LogP) is 3.14. The van der Waals surface area contributed by atoms with Gasteiger partial charge in [-0.3, -0.25) is 29.9 Å². The zero-order valence-corrected chi connectivity index (χ0v) is 20.0. The molecule has 2 aromatic rings. The third kappa shape index (κ3) is 11.7. The Morgan fingerprint density at radius 3 is 1.84 bits per heavy atom. The summed E-state index contributed by atoms with van der Waals surface area (Å²) < 4.78 is 5.28. The largest absolute Gasteiger partial charge is 0.478 e. The van der Waals surface area contributed by atoms with Gasteiger partial charge in [0, 0.05) is 56.1 Å². The molecule has 0 aromatic heterocycles.